The number of amides is 1. The van der Waals surface area contributed by atoms with Crippen molar-refractivity contribution in [2.24, 2.45) is 0 Å². The van der Waals surface area contributed by atoms with Crippen molar-refractivity contribution in [3.63, 3.8) is 0 Å². The SMILES string of the molecule is Cc1c[nH]cc1C(=O)N1CCC=C(c2ccccn2)C1. The molecule has 0 atom stereocenters. The first-order valence-electron chi connectivity index (χ1n) is 6.79. The molecule has 0 aromatic carbocycles. The van der Waals surface area contributed by atoms with E-state index in [4.69, 9.17) is 0 Å². The van der Waals surface area contributed by atoms with Crippen LogP contribution in [0.25, 0.3) is 5.57 Å². The average molecular weight is 267 g/mol. The molecule has 2 aromatic rings. The van der Waals surface area contributed by atoms with E-state index in [1.807, 2.05) is 36.2 Å². The Morgan fingerprint density at radius 1 is 1.35 bits per heavy atom. The number of carbonyl (C=O) groups excluding carboxylic acids is 1. The van der Waals surface area contributed by atoms with E-state index in [-0.39, 0.29) is 5.91 Å². The Morgan fingerprint density at radius 3 is 2.95 bits per heavy atom. The van der Waals surface area contributed by atoms with Gasteiger partial charge in [0.05, 0.1) is 11.3 Å². The Labute approximate surface area is 118 Å². The highest BCUT2D eigenvalue weighted by atomic mass is 16.2. The molecule has 0 fully saturated rings. The molecule has 0 bridgehead atoms. The molecule has 3 heterocycles. The molecule has 0 aliphatic carbocycles. The number of hydrogen-bond acceptors (Lipinski definition) is 2. The van der Waals surface area contributed by atoms with Crippen molar-refractivity contribution < 1.29 is 4.79 Å². The lowest BCUT2D eigenvalue weighted by molar-refractivity contribution is 0.0774. The predicted octanol–water partition coefficient (Wildman–Crippen LogP) is 2.65. The van der Waals surface area contributed by atoms with Crippen LogP contribution in [0.15, 0.2) is 42.9 Å². The van der Waals surface area contributed by atoms with Gasteiger partial charge in [0.1, 0.15) is 0 Å². The molecular formula is C16H17N3O. The van der Waals surface area contributed by atoms with Crippen LogP contribution in [-0.2, 0) is 0 Å². The van der Waals surface area contributed by atoms with Gasteiger partial charge < -0.3 is 9.88 Å². The van der Waals surface area contributed by atoms with Gasteiger partial charge >= 0.3 is 0 Å². The van der Waals surface area contributed by atoms with Crippen LogP contribution in [-0.4, -0.2) is 33.9 Å². The number of rotatable bonds is 2. The number of aromatic nitrogens is 2. The van der Waals surface area contributed by atoms with Crippen LogP contribution >= 0.6 is 0 Å². The maximum atomic E-state index is 12.5. The Kier molecular flexibility index (Phi) is 3.37. The van der Waals surface area contributed by atoms with Gasteiger partial charge in [-0.05, 0) is 36.6 Å². The van der Waals surface area contributed by atoms with Crippen molar-refractivity contribution in [1.29, 1.82) is 0 Å². The summed E-state index contributed by atoms with van der Waals surface area (Å²) in [5.74, 6) is 0.0882. The van der Waals surface area contributed by atoms with E-state index in [0.717, 1.165) is 35.4 Å². The van der Waals surface area contributed by atoms with Crippen molar-refractivity contribution >= 4 is 11.5 Å². The first-order chi connectivity index (χ1) is 9.75. The van der Waals surface area contributed by atoms with E-state index in [2.05, 4.69) is 16.0 Å². The number of carbonyl (C=O) groups is 1. The lowest BCUT2D eigenvalue weighted by Crippen LogP contribution is -2.35. The quantitative estimate of drug-likeness (QED) is 0.909. The first-order valence-corrected chi connectivity index (χ1v) is 6.79. The van der Waals surface area contributed by atoms with Crippen LogP contribution < -0.4 is 0 Å². The predicted molar refractivity (Wildman–Crippen MR) is 78.3 cm³/mol. The standard InChI is InChI=1S/C16H17N3O/c1-12-9-17-10-14(12)16(20)19-8-4-5-13(11-19)15-6-2-3-7-18-15/h2-3,5-7,9-10,17H,4,8,11H2,1H3. The zero-order chi connectivity index (χ0) is 13.9. The van der Waals surface area contributed by atoms with Crippen LogP contribution in [0, 0.1) is 6.92 Å². The number of nitrogens with zero attached hydrogens (tertiary/aromatic N) is 2. The molecule has 1 N–H and O–H groups in total. The molecule has 0 saturated carbocycles. The van der Waals surface area contributed by atoms with Crippen LogP contribution in [0.5, 0.6) is 0 Å². The number of aromatic amines is 1. The highest BCUT2D eigenvalue weighted by Gasteiger charge is 2.22. The number of aryl methyl sites for hydroxylation is 1. The summed E-state index contributed by atoms with van der Waals surface area (Å²) < 4.78 is 0. The van der Waals surface area contributed by atoms with Gasteiger partial charge in [-0.3, -0.25) is 9.78 Å². The zero-order valence-corrected chi connectivity index (χ0v) is 11.5. The number of H-pyrrole nitrogens is 1. The average Bonchev–Trinajstić information content (AvgIpc) is 2.94. The first kappa shape index (κ1) is 12.7. The monoisotopic (exact) mass is 267 g/mol. The Bertz CT molecular complexity index is 643. The summed E-state index contributed by atoms with van der Waals surface area (Å²) in [5, 5.41) is 0. The normalized spacial score (nSPS) is 15.1. The Morgan fingerprint density at radius 2 is 2.25 bits per heavy atom. The minimum Gasteiger partial charge on any atom is -0.367 e. The summed E-state index contributed by atoms with van der Waals surface area (Å²) >= 11 is 0. The molecule has 3 rings (SSSR count). The molecule has 102 valence electrons. The molecule has 4 nitrogen and oxygen atoms in total. The molecule has 0 unspecified atom stereocenters. The maximum absolute atomic E-state index is 12.5. The summed E-state index contributed by atoms with van der Waals surface area (Å²) in [6.45, 7) is 3.34. The van der Waals surface area contributed by atoms with Crippen molar-refractivity contribution in [3.05, 3.63) is 59.7 Å². The molecule has 1 aliphatic rings. The number of nitrogens with one attached hydrogen (secondary N) is 1. The van der Waals surface area contributed by atoms with E-state index in [1.165, 1.54) is 0 Å². The van der Waals surface area contributed by atoms with Crippen molar-refractivity contribution in [2.75, 3.05) is 13.1 Å². The smallest absolute Gasteiger partial charge is 0.255 e. The summed E-state index contributed by atoms with van der Waals surface area (Å²) in [5.41, 5.74) is 3.82. The Balaban J connectivity index is 1.80. The van der Waals surface area contributed by atoms with E-state index in [0.29, 0.717) is 6.54 Å². The molecule has 0 radical (unpaired) electrons. The molecule has 1 aliphatic heterocycles. The third-order valence-electron chi connectivity index (χ3n) is 3.61. The van der Waals surface area contributed by atoms with Crippen molar-refractivity contribution in [2.45, 2.75) is 13.3 Å². The minimum absolute atomic E-state index is 0.0882. The lowest BCUT2D eigenvalue weighted by atomic mass is 10.0. The van der Waals surface area contributed by atoms with Gasteiger partial charge in [-0.2, -0.15) is 0 Å². The number of pyridine rings is 1. The van der Waals surface area contributed by atoms with Crippen molar-refractivity contribution in [1.82, 2.24) is 14.9 Å². The molecule has 0 spiro atoms. The summed E-state index contributed by atoms with van der Waals surface area (Å²) in [4.78, 5) is 21.8. The summed E-state index contributed by atoms with van der Waals surface area (Å²) in [6, 6.07) is 5.86. The fourth-order valence-corrected chi connectivity index (χ4v) is 2.50. The molecular weight excluding hydrogens is 250 g/mol. The number of hydrogen-bond donors (Lipinski definition) is 1. The topological polar surface area (TPSA) is 49.0 Å². The fraction of sp³-hybridized carbons (Fsp3) is 0.250. The molecule has 20 heavy (non-hydrogen) atoms. The highest BCUT2D eigenvalue weighted by Crippen LogP contribution is 2.21. The van der Waals surface area contributed by atoms with Gasteiger partial charge in [-0.1, -0.05) is 12.1 Å². The zero-order valence-electron chi connectivity index (χ0n) is 11.5. The minimum atomic E-state index is 0.0882. The van der Waals surface area contributed by atoms with Gasteiger partial charge in [0, 0.05) is 31.7 Å². The fourth-order valence-electron chi connectivity index (χ4n) is 2.50. The third-order valence-corrected chi connectivity index (χ3v) is 3.61. The van der Waals surface area contributed by atoms with E-state index in [1.54, 1.807) is 12.4 Å². The second-order valence-corrected chi connectivity index (χ2v) is 5.01. The van der Waals surface area contributed by atoms with E-state index < -0.39 is 0 Å². The molecule has 2 aromatic heterocycles. The van der Waals surface area contributed by atoms with Gasteiger partial charge in [-0.15, -0.1) is 0 Å². The third kappa shape index (κ3) is 2.37. The lowest BCUT2D eigenvalue weighted by Gasteiger charge is -2.27. The highest BCUT2D eigenvalue weighted by molar-refractivity contribution is 5.96. The van der Waals surface area contributed by atoms with Gasteiger partial charge in [0.15, 0.2) is 0 Å². The Hall–Kier alpha value is -2.36. The van der Waals surface area contributed by atoms with Gasteiger partial charge in [-0.25, -0.2) is 0 Å². The van der Waals surface area contributed by atoms with Crippen LogP contribution in [0.2, 0.25) is 0 Å². The van der Waals surface area contributed by atoms with E-state index in [9.17, 15) is 4.79 Å². The molecule has 1 amide bonds. The van der Waals surface area contributed by atoms with Gasteiger partial charge in [0.2, 0.25) is 0 Å². The van der Waals surface area contributed by atoms with Crippen LogP contribution in [0.3, 0.4) is 0 Å². The van der Waals surface area contributed by atoms with Crippen molar-refractivity contribution in [3.8, 4) is 0 Å². The second kappa shape index (κ2) is 5.33. The van der Waals surface area contributed by atoms with E-state index >= 15 is 0 Å². The largest absolute Gasteiger partial charge is 0.367 e. The molecule has 4 heteroatoms. The van der Waals surface area contributed by atoms with Crippen LogP contribution in [0.4, 0.5) is 0 Å². The summed E-state index contributed by atoms with van der Waals surface area (Å²) in [7, 11) is 0. The van der Waals surface area contributed by atoms with Gasteiger partial charge in [0.25, 0.3) is 5.91 Å². The van der Waals surface area contributed by atoms with Crippen LogP contribution in [0.1, 0.15) is 28.0 Å². The second-order valence-electron chi connectivity index (χ2n) is 5.01. The summed E-state index contributed by atoms with van der Waals surface area (Å²) in [6.07, 6.45) is 8.47. The maximum Gasteiger partial charge on any atom is 0.255 e. The molecule has 0 saturated heterocycles.